The van der Waals surface area contributed by atoms with E-state index < -0.39 is 91.5 Å². The van der Waals surface area contributed by atoms with Gasteiger partial charge in [0, 0.05) is 6.42 Å². The minimum atomic E-state index is -1.60. The van der Waals surface area contributed by atoms with Crippen LogP contribution in [0.1, 0.15) is 40.0 Å². The molecule has 14 heteroatoms. The summed E-state index contributed by atoms with van der Waals surface area (Å²) in [4.78, 5) is 50.0. The van der Waals surface area contributed by atoms with Crippen molar-refractivity contribution in [3.05, 3.63) is 0 Å². The second-order valence-electron chi connectivity index (χ2n) is 8.29. The van der Waals surface area contributed by atoms with Crippen LogP contribution < -0.4 is 17.2 Å². The normalized spacial score (nSPS) is 28.4. The molecule has 2 amide bonds. The Hall–Kier alpha value is -2.20. The van der Waals surface area contributed by atoms with Crippen molar-refractivity contribution in [2.45, 2.75) is 94.9 Å². The third kappa shape index (κ3) is 7.15. The Labute approximate surface area is 196 Å². The lowest BCUT2D eigenvalue weighted by molar-refractivity contribution is -0.265. The number of carbonyl (C=O) groups excluding carboxylic acids is 3. The number of amides is 2. The summed E-state index contributed by atoms with van der Waals surface area (Å²) in [7, 11) is 0. The fraction of sp³-hybridized carbons (Fsp3) is 0.800. The molecule has 1 heterocycles. The Morgan fingerprint density at radius 2 is 1.79 bits per heavy atom. The number of hydrogen-bond donors (Lipinski definition) is 7. The van der Waals surface area contributed by atoms with Crippen molar-refractivity contribution >= 4 is 23.6 Å². The number of carboxylic acid groups (broad SMARTS) is 1. The minimum absolute atomic E-state index is 0.146. The van der Waals surface area contributed by atoms with Gasteiger partial charge in [-0.2, -0.15) is 0 Å². The zero-order chi connectivity index (χ0) is 26.3. The second kappa shape index (κ2) is 13.0. The highest BCUT2D eigenvalue weighted by atomic mass is 16.6. The van der Waals surface area contributed by atoms with Gasteiger partial charge in [0.15, 0.2) is 12.1 Å². The van der Waals surface area contributed by atoms with Crippen molar-refractivity contribution in [1.29, 1.82) is 0 Å². The molecule has 3 unspecified atom stereocenters. The molecule has 0 bridgehead atoms. The number of aliphatic hydroxyl groups is 3. The summed E-state index contributed by atoms with van der Waals surface area (Å²) in [5, 5.41) is 38.9. The van der Waals surface area contributed by atoms with Crippen molar-refractivity contribution in [3.63, 3.8) is 0 Å². The third-order valence-electron chi connectivity index (χ3n) is 5.76. The lowest BCUT2D eigenvalue weighted by Gasteiger charge is -2.44. The number of aliphatic carboxylic acids is 1. The maximum absolute atomic E-state index is 13.2. The molecule has 0 aromatic rings. The Balaban J connectivity index is 3.40. The van der Waals surface area contributed by atoms with Crippen LogP contribution in [0.5, 0.6) is 0 Å². The molecule has 10 N–H and O–H groups in total. The van der Waals surface area contributed by atoms with Crippen LogP contribution in [0.25, 0.3) is 0 Å². The van der Waals surface area contributed by atoms with Crippen LogP contribution in [0.2, 0.25) is 0 Å². The van der Waals surface area contributed by atoms with E-state index in [9.17, 15) is 34.5 Å². The first-order chi connectivity index (χ1) is 15.8. The zero-order valence-corrected chi connectivity index (χ0v) is 19.4. The van der Waals surface area contributed by atoms with Crippen LogP contribution in [0, 0.1) is 0 Å². The van der Waals surface area contributed by atoms with Gasteiger partial charge in [-0.15, -0.1) is 0 Å². The Morgan fingerprint density at radius 3 is 2.24 bits per heavy atom. The van der Waals surface area contributed by atoms with Crippen molar-refractivity contribution in [2.75, 3.05) is 6.61 Å². The highest BCUT2D eigenvalue weighted by Crippen LogP contribution is 2.26. The number of carbonyl (C=O) groups is 4. The van der Waals surface area contributed by atoms with E-state index in [-0.39, 0.29) is 12.8 Å². The van der Waals surface area contributed by atoms with Crippen molar-refractivity contribution in [3.8, 4) is 0 Å². The van der Waals surface area contributed by atoms with E-state index in [4.69, 9.17) is 31.8 Å². The van der Waals surface area contributed by atoms with Gasteiger partial charge in [0.25, 0.3) is 0 Å². The highest BCUT2D eigenvalue weighted by Gasteiger charge is 2.47. The van der Waals surface area contributed by atoms with Gasteiger partial charge in [0.1, 0.15) is 30.4 Å². The van der Waals surface area contributed by atoms with E-state index in [0.29, 0.717) is 0 Å². The summed E-state index contributed by atoms with van der Waals surface area (Å²) in [6.07, 6.45) is -7.65. The predicted molar refractivity (Wildman–Crippen MR) is 116 cm³/mol. The maximum Gasteiger partial charge on any atom is 0.303 e. The molecule has 14 nitrogen and oxygen atoms in total. The average Bonchev–Trinajstić information content (AvgIpc) is 2.76. The van der Waals surface area contributed by atoms with E-state index in [1.54, 1.807) is 6.92 Å². The van der Waals surface area contributed by atoms with Gasteiger partial charge in [-0.25, -0.2) is 0 Å². The number of Topliss-reactive ketones (excluding diaryl/α,β-unsaturated/α-hetero) is 1. The first-order valence-corrected chi connectivity index (χ1v) is 10.9. The number of aliphatic hydroxyl groups excluding tert-OH is 3. The largest absolute Gasteiger partial charge is 0.481 e. The number of ketones is 1. The van der Waals surface area contributed by atoms with Crippen LogP contribution >= 0.6 is 0 Å². The SMILES string of the molecule is CCC(N)C(=O)N(C(C(C)=O)C(C)O[C@@H]1[C@@H](N)[C@@H](O)O[C@H](CO)[C@H]1O)[C@H](CCC(=O)O)C(N)=O. The molecule has 1 fully saturated rings. The molecule has 1 aliphatic rings. The Bertz CT molecular complexity index is 738. The number of nitrogens with two attached hydrogens (primary N) is 3. The van der Waals surface area contributed by atoms with Gasteiger partial charge in [0.2, 0.25) is 11.8 Å². The highest BCUT2D eigenvalue weighted by molar-refractivity contribution is 5.94. The van der Waals surface area contributed by atoms with Gasteiger partial charge in [-0.05, 0) is 26.7 Å². The van der Waals surface area contributed by atoms with Gasteiger partial charge < -0.3 is 52.0 Å². The fourth-order valence-electron chi connectivity index (χ4n) is 3.88. The van der Waals surface area contributed by atoms with Crippen molar-refractivity contribution < 1.29 is 49.1 Å². The first kappa shape index (κ1) is 29.8. The monoisotopic (exact) mass is 492 g/mol. The summed E-state index contributed by atoms with van der Waals surface area (Å²) in [5.41, 5.74) is 17.2. The van der Waals surface area contributed by atoms with Gasteiger partial charge >= 0.3 is 5.97 Å². The van der Waals surface area contributed by atoms with Gasteiger partial charge in [-0.3, -0.25) is 19.2 Å². The van der Waals surface area contributed by atoms with E-state index >= 15 is 0 Å². The Kier molecular flexibility index (Phi) is 11.4. The lowest BCUT2D eigenvalue weighted by atomic mass is 9.95. The summed E-state index contributed by atoms with van der Waals surface area (Å²) in [5.74, 6) is -3.75. The molecular formula is C20H36N4O10. The molecule has 0 spiro atoms. The molecule has 1 rings (SSSR count). The van der Waals surface area contributed by atoms with Crippen LogP contribution in [0.15, 0.2) is 0 Å². The number of primary amides is 1. The second-order valence-corrected chi connectivity index (χ2v) is 8.29. The van der Waals surface area contributed by atoms with Crippen molar-refractivity contribution in [2.24, 2.45) is 17.2 Å². The van der Waals surface area contributed by atoms with Gasteiger partial charge in [0.05, 0.1) is 24.8 Å². The molecule has 1 aliphatic heterocycles. The third-order valence-corrected chi connectivity index (χ3v) is 5.76. The molecular weight excluding hydrogens is 456 g/mol. The minimum Gasteiger partial charge on any atom is -0.481 e. The van der Waals surface area contributed by atoms with Crippen LogP contribution in [-0.2, 0) is 28.7 Å². The quantitative estimate of drug-likeness (QED) is 0.132. The topological polar surface area (TPSA) is 249 Å². The predicted octanol–water partition coefficient (Wildman–Crippen LogP) is -3.60. The summed E-state index contributed by atoms with van der Waals surface area (Å²) >= 11 is 0. The number of carboxylic acids is 1. The van der Waals surface area contributed by atoms with E-state index in [0.717, 1.165) is 11.8 Å². The summed E-state index contributed by atoms with van der Waals surface area (Å²) in [6.45, 7) is 3.44. The number of rotatable bonds is 13. The lowest BCUT2D eigenvalue weighted by Crippen LogP contribution is -2.66. The van der Waals surface area contributed by atoms with Crippen LogP contribution in [0.4, 0.5) is 0 Å². The fourth-order valence-corrected chi connectivity index (χ4v) is 3.88. The average molecular weight is 493 g/mol. The molecule has 0 saturated carbocycles. The van der Waals surface area contributed by atoms with Gasteiger partial charge in [-0.1, -0.05) is 6.92 Å². The molecule has 1 saturated heterocycles. The smallest absolute Gasteiger partial charge is 0.303 e. The van der Waals surface area contributed by atoms with Crippen LogP contribution in [-0.4, -0.2) is 110 Å². The zero-order valence-electron chi connectivity index (χ0n) is 19.4. The number of nitrogens with zero attached hydrogens (tertiary/aromatic N) is 1. The Morgan fingerprint density at radius 1 is 1.21 bits per heavy atom. The van der Waals surface area contributed by atoms with Crippen molar-refractivity contribution in [1.82, 2.24) is 4.90 Å². The van der Waals surface area contributed by atoms with E-state index in [1.165, 1.54) is 6.92 Å². The molecule has 34 heavy (non-hydrogen) atoms. The summed E-state index contributed by atoms with van der Waals surface area (Å²) in [6, 6.07) is -5.38. The molecule has 0 aromatic carbocycles. The molecule has 0 aliphatic carbocycles. The molecule has 0 aromatic heterocycles. The number of ether oxygens (including phenoxy) is 2. The molecule has 9 atom stereocenters. The van der Waals surface area contributed by atoms with E-state index in [1.807, 2.05) is 0 Å². The first-order valence-electron chi connectivity index (χ1n) is 10.9. The maximum atomic E-state index is 13.2. The standard InChI is InChI=1S/C20H36N4O10/c1-4-10(21)19(31)24(11(18(23)30)5-6-13(27)28)15(8(2)26)9(3)33-17-14(22)20(32)34-12(7-25)16(17)29/h9-12,14-17,20,25,29,32H,4-7,21-22H2,1-3H3,(H2,23,30)(H,27,28)/t9?,10?,11-,12-,14-,15?,16-,17-,20+/m1/s1. The number of hydrogen-bond acceptors (Lipinski definition) is 11. The molecule has 196 valence electrons. The summed E-state index contributed by atoms with van der Waals surface area (Å²) < 4.78 is 10.8. The van der Waals surface area contributed by atoms with Crippen LogP contribution in [0.3, 0.4) is 0 Å². The van der Waals surface area contributed by atoms with E-state index in [2.05, 4.69) is 0 Å². The molecule has 0 radical (unpaired) electrons.